The summed E-state index contributed by atoms with van der Waals surface area (Å²) >= 11 is 0. The number of fused-ring (bicyclic) bond motifs is 1. The first kappa shape index (κ1) is 23.3. The molecule has 29 heavy (non-hydrogen) atoms. The molecule has 2 heterocycles. The van der Waals surface area contributed by atoms with Crippen molar-refractivity contribution < 1.29 is 9.47 Å². The molecule has 0 atom stereocenters. The Kier molecular flexibility index (Phi) is 9.02. The van der Waals surface area contributed by atoms with Crippen LogP contribution in [0.25, 0.3) is 0 Å². The van der Waals surface area contributed by atoms with Crippen LogP contribution in [0.15, 0.2) is 29.4 Å². The molecule has 160 valence electrons. The monoisotopic (exact) mass is 514 g/mol. The molecular weight excluding hydrogens is 483 g/mol. The molecular formula is C20H31IN6O2. The molecule has 0 unspecified atom stereocenters. The summed E-state index contributed by atoms with van der Waals surface area (Å²) in [6, 6.07) is 6.20. The summed E-state index contributed by atoms with van der Waals surface area (Å²) in [6.45, 7) is 4.41. The highest BCUT2D eigenvalue weighted by molar-refractivity contribution is 14.0. The number of aliphatic imine (C=N–C) groups is 1. The Bertz CT molecular complexity index is 823. The summed E-state index contributed by atoms with van der Waals surface area (Å²) < 4.78 is 12.7. The van der Waals surface area contributed by atoms with Crippen molar-refractivity contribution in [1.29, 1.82) is 0 Å². The molecule has 0 saturated heterocycles. The van der Waals surface area contributed by atoms with Crippen LogP contribution in [-0.2, 0) is 26.6 Å². The highest BCUT2D eigenvalue weighted by atomic mass is 127. The van der Waals surface area contributed by atoms with Gasteiger partial charge in [-0.2, -0.15) is 5.10 Å². The van der Waals surface area contributed by atoms with E-state index < -0.39 is 0 Å². The summed E-state index contributed by atoms with van der Waals surface area (Å²) in [5, 5.41) is 10.9. The van der Waals surface area contributed by atoms with Gasteiger partial charge in [-0.25, -0.2) is 0 Å². The second kappa shape index (κ2) is 11.2. The zero-order valence-electron chi connectivity index (χ0n) is 17.6. The molecule has 0 amide bonds. The van der Waals surface area contributed by atoms with E-state index in [1.54, 1.807) is 27.5 Å². The lowest BCUT2D eigenvalue weighted by Gasteiger charge is -2.29. The fourth-order valence-electron chi connectivity index (χ4n) is 3.43. The normalized spacial score (nSPS) is 14.0. The van der Waals surface area contributed by atoms with Crippen LogP contribution in [0.4, 0.5) is 0 Å². The average Bonchev–Trinajstić information content (AvgIpc) is 3.14. The molecule has 0 radical (unpaired) electrons. The minimum atomic E-state index is 0. The average molecular weight is 514 g/mol. The van der Waals surface area contributed by atoms with E-state index in [9.17, 15) is 0 Å². The lowest BCUT2D eigenvalue weighted by Crippen LogP contribution is -2.42. The van der Waals surface area contributed by atoms with Gasteiger partial charge in [0.15, 0.2) is 17.5 Å². The molecule has 2 N–H and O–H groups in total. The third-order valence-electron chi connectivity index (χ3n) is 5.10. The zero-order chi connectivity index (χ0) is 19.9. The summed E-state index contributed by atoms with van der Waals surface area (Å²) in [5.74, 6) is 2.39. The zero-order valence-corrected chi connectivity index (χ0v) is 19.9. The first-order valence-corrected chi connectivity index (χ1v) is 9.52. The largest absolute Gasteiger partial charge is 0.493 e. The maximum atomic E-state index is 5.44. The van der Waals surface area contributed by atoms with Crippen molar-refractivity contribution in [2.75, 3.05) is 40.9 Å². The Balaban J connectivity index is 0.00000300. The molecule has 8 nitrogen and oxygen atoms in total. The van der Waals surface area contributed by atoms with Gasteiger partial charge in [-0.1, -0.05) is 0 Å². The van der Waals surface area contributed by atoms with Gasteiger partial charge in [0.05, 0.1) is 26.5 Å². The number of aryl methyl sites for hydroxylation is 1. The Morgan fingerprint density at radius 3 is 2.52 bits per heavy atom. The van der Waals surface area contributed by atoms with Crippen molar-refractivity contribution in [3.63, 3.8) is 0 Å². The van der Waals surface area contributed by atoms with Gasteiger partial charge in [-0.05, 0) is 35.7 Å². The van der Waals surface area contributed by atoms with Gasteiger partial charge in [-0.15, -0.1) is 24.0 Å². The number of ether oxygens (including phenoxy) is 2. The number of nitrogens with one attached hydrogen (secondary N) is 2. The molecule has 2 aromatic rings. The van der Waals surface area contributed by atoms with Crippen LogP contribution in [0.3, 0.4) is 0 Å². The van der Waals surface area contributed by atoms with Crippen LogP contribution in [-0.4, -0.2) is 61.5 Å². The van der Waals surface area contributed by atoms with Gasteiger partial charge < -0.3 is 20.1 Å². The summed E-state index contributed by atoms with van der Waals surface area (Å²) in [7, 11) is 7.08. The fraction of sp³-hybridized carbons (Fsp3) is 0.500. The van der Waals surface area contributed by atoms with Gasteiger partial charge >= 0.3 is 0 Å². The van der Waals surface area contributed by atoms with Crippen molar-refractivity contribution in [3.8, 4) is 11.5 Å². The number of aromatic nitrogens is 2. The lowest BCUT2D eigenvalue weighted by molar-refractivity contribution is 0.256. The first-order valence-electron chi connectivity index (χ1n) is 9.52. The predicted octanol–water partition coefficient (Wildman–Crippen LogP) is 1.78. The number of rotatable bonds is 7. The molecule has 0 aliphatic carbocycles. The Labute approximate surface area is 189 Å². The third-order valence-corrected chi connectivity index (χ3v) is 5.10. The number of hydrogen-bond donors (Lipinski definition) is 2. The van der Waals surface area contributed by atoms with Gasteiger partial charge in [0.25, 0.3) is 0 Å². The minimum absolute atomic E-state index is 0. The Morgan fingerprint density at radius 1 is 1.17 bits per heavy atom. The van der Waals surface area contributed by atoms with Crippen molar-refractivity contribution in [3.05, 3.63) is 41.2 Å². The maximum absolute atomic E-state index is 5.44. The van der Waals surface area contributed by atoms with E-state index in [2.05, 4.69) is 37.8 Å². The SMILES string of the molecule is CN=C(NCCN1CCc2cc(OC)c(OC)cc2C1)NCc1ccnn1C.I. The van der Waals surface area contributed by atoms with Crippen LogP contribution in [0.1, 0.15) is 16.8 Å². The van der Waals surface area contributed by atoms with Crippen LogP contribution in [0.5, 0.6) is 11.5 Å². The maximum Gasteiger partial charge on any atom is 0.191 e. The van der Waals surface area contributed by atoms with Crippen LogP contribution in [0, 0.1) is 0 Å². The molecule has 0 saturated carbocycles. The van der Waals surface area contributed by atoms with Crippen molar-refractivity contribution in [2.24, 2.45) is 12.0 Å². The standard InChI is InChI=1S/C20H30N6O2.HI/c1-21-20(23-13-17-5-7-24-25(17)2)22-8-10-26-9-6-15-11-18(27-3)19(28-4)12-16(15)14-26;/h5,7,11-12H,6,8-10,13-14H2,1-4H3,(H2,21,22,23);1H. The molecule has 3 rings (SSSR count). The smallest absolute Gasteiger partial charge is 0.191 e. The summed E-state index contributed by atoms with van der Waals surface area (Å²) in [6.07, 6.45) is 2.81. The first-order chi connectivity index (χ1) is 13.6. The third kappa shape index (κ3) is 5.99. The molecule has 9 heteroatoms. The van der Waals surface area contributed by atoms with Gasteiger partial charge in [0.1, 0.15) is 0 Å². The van der Waals surface area contributed by atoms with Crippen LogP contribution < -0.4 is 20.1 Å². The van der Waals surface area contributed by atoms with Crippen LogP contribution >= 0.6 is 24.0 Å². The Hall–Kier alpha value is -2.01. The van der Waals surface area contributed by atoms with E-state index in [0.29, 0.717) is 6.54 Å². The molecule has 0 spiro atoms. The molecule has 0 bridgehead atoms. The summed E-state index contributed by atoms with van der Waals surface area (Å²) in [5.41, 5.74) is 3.76. The number of halogens is 1. The molecule has 1 aromatic heterocycles. The second-order valence-electron chi connectivity index (χ2n) is 6.80. The molecule has 0 fully saturated rings. The number of methoxy groups -OCH3 is 2. The van der Waals surface area contributed by atoms with E-state index >= 15 is 0 Å². The van der Waals surface area contributed by atoms with E-state index in [0.717, 1.165) is 55.8 Å². The number of nitrogens with zero attached hydrogens (tertiary/aromatic N) is 4. The van der Waals surface area contributed by atoms with Gasteiger partial charge in [0, 0.05) is 46.5 Å². The second-order valence-corrected chi connectivity index (χ2v) is 6.80. The number of guanidine groups is 1. The van der Waals surface area contributed by atoms with Crippen molar-refractivity contribution in [2.45, 2.75) is 19.5 Å². The van der Waals surface area contributed by atoms with E-state index in [-0.39, 0.29) is 24.0 Å². The summed E-state index contributed by atoms with van der Waals surface area (Å²) in [4.78, 5) is 6.73. The fourth-order valence-corrected chi connectivity index (χ4v) is 3.43. The molecule has 1 aliphatic rings. The number of hydrogen-bond acceptors (Lipinski definition) is 5. The van der Waals surface area contributed by atoms with Gasteiger partial charge in [-0.3, -0.25) is 14.6 Å². The van der Waals surface area contributed by atoms with Gasteiger partial charge in [0.2, 0.25) is 0 Å². The Morgan fingerprint density at radius 2 is 1.90 bits per heavy atom. The van der Waals surface area contributed by atoms with E-state index in [1.807, 2.05) is 17.8 Å². The van der Waals surface area contributed by atoms with E-state index in [1.165, 1.54) is 11.1 Å². The van der Waals surface area contributed by atoms with Crippen LogP contribution in [0.2, 0.25) is 0 Å². The lowest BCUT2D eigenvalue weighted by atomic mass is 9.99. The molecule has 1 aromatic carbocycles. The topological polar surface area (TPSA) is 75.9 Å². The van der Waals surface area contributed by atoms with E-state index in [4.69, 9.17) is 9.47 Å². The minimum Gasteiger partial charge on any atom is -0.493 e. The highest BCUT2D eigenvalue weighted by Crippen LogP contribution is 2.33. The van der Waals surface area contributed by atoms with Crippen molar-refractivity contribution in [1.82, 2.24) is 25.3 Å². The molecule has 1 aliphatic heterocycles. The van der Waals surface area contributed by atoms with Crippen molar-refractivity contribution >= 4 is 29.9 Å². The number of benzene rings is 1. The highest BCUT2D eigenvalue weighted by Gasteiger charge is 2.19. The quantitative estimate of drug-likeness (QED) is 0.334. The predicted molar refractivity (Wildman–Crippen MR) is 125 cm³/mol.